The molecule has 1 saturated heterocycles. The average molecular weight is 336 g/mol. The summed E-state index contributed by atoms with van der Waals surface area (Å²) in [5.74, 6) is 2.25. The molecule has 23 heavy (non-hydrogen) atoms. The van der Waals surface area contributed by atoms with Crippen molar-refractivity contribution in [2.75, 3.05) is 18.1 Å². The molecule has 1 saturated carbocycles. The maximum Gasteiger partial charge on any atom is 0.222 e. The predicted molar refractivity (Wildman–Crippen MR) is 93.0 cm³/mol. The minimum absolute atomic E-state index is 0.0325. The zero-order chi connectivity index (χ0) is 16.1. The van der Waals surface area contributed by atoms with Crippen LogP contribution in [0.5, 0.6) is 0 Å². The summed E-state index contributed by atoms with van der Waals surface area (Å²) >= 11 is 1.89. The van der Waals surface area contributed by atoms with E-state index in [1.807, 2.05) is 23.9 Å². The molecule has 3 rings (SSSR count). The van der Waals surface area contributed by atoms with Crippen LogP contribution in [0.25, 0.3) is 0 Å². The van der Waals surface area contributed by atoms with E-state index < -0.39 is 0 Å². The van der Waals surface area contributed by atoms with Gasteiger partial charge in [-0.25, -0.2) is 4.39 Å². The second kappa shape index (κ2) is 8.15. The van der Waals surface area contributed by atoms with Crippen LogP contribution < -0.4 is 10.6 Å². The fourth-order valence-electron chi connectivity index (χ4n) is 3.67. The number of carbonyl (C=O) groups excluding carboxylic acids is 1. The van der Waals surface area contributed by atoms with Crippen LogP contribution in [0.2, 0.25) is 0 Å². The lowest BCUT2D eigenvalue weighted by Gasteiger charge is -2.28. The molecule has 0 spiro atoms. The molecule has 0 aromatic heterocycles. The number of hydrogen-bond donors (Lipinski definition) is 2. The number of carbonyl (C=O) groups is 1. The van der Waals surface area contributed by atoms with Crippen molar-refractivity contribution in [2.45, 2.75) is 44.2 Å². The maximum atomic E-state index is 14.2. The van der Waals surface area contributed by atoms with Crippen molar-refractivity contribution in [2.24, 2.45) is 5.92 Å². The van der Waals surface area contributed by atoms with Crippen LogP contribution in [-0.2, 0) is 4.79 Å². The van der Waals surface area contributed by atoms with Gasteiger partial charge in [0.05, 0.1) is 6.04 Å². The third kappa shape index (κ3) is 4.48. The molecular formula is C18H25FN2OS. The van der Waals surface area contributed by atoms with Crippen molar-refractivity contribution in [1.29, 1.82) is 0 Å². The Morgan fingerprint density at radius 2 is 2.13 bits per heavy atom. The molecule has 1 amide bonds. The van der Waals surface area contributed by atoms with E-state index in [0.29, 0.717) is 17.9 Å². The Hall–Kier alpha value is -1.07. The highest BCUT2D eigenvalue weighted by atomic mass is 32.2. The number of amides is 1. The van der Waals surface area contributed by atoms with Gasteiger partial charge in [0.25, 0.3) is 0 Å². The first-order chi connectivity index (χ1) is 11.2. The van der Waals surface area contributed by atoms with Gasteiger partial charge >= 0.3 is 0 Å². The largest absolute Gasteiger partial charge is 0.349 e. The fourth-order valence-corrected chi connectivity index (χ4v) is 4.62. The Morgan fingerprint density at radius 1 is 1.35 bits per heavy atom. The first-order valence-corrected chi connectivity index (χ1v) is 9.74. The van der Waals surface area contributed by atoms with E-state index in [2.05, 4.69) is 10.6 Å². The lowest BCUT2D eigenvalue weighted by molar-refractivity contribution is -0.122. The zero-order valence-electron chi connectivity index (χ0n) is 13.4. The summed E-state index contributed by atoms with van der Waals surface area (Å²) in [6, 6.07) is 6.90. The van der Waals surface area contributed by atoms with Crippen molar-refractivity contribution < 1.29 is 9.18 Å². The summed E-state index contributed by atoms with van der Waals surface area (Å²) in [6.07, 6.45) is 4.96. The smallest absolute Gasteiger partial charge is 0.222 e. The highest BCUT2D eigenvalue weighted by molar-refractivity contribution is 7.99. The number of rotatable bonds is 5. The topological polar surface area (TPSA) is 41.1 Å². The molecule has 2 unspecified atom stereocenters. The Labute approximate surface area is 141 Å². The third-order valence-electron chi connectivity index (χ3n) is 4.86. The standard InChI is InChI=1S/C18H25FN2OS/c19-16-8-4-3-7-15(16)18(13-5-1-2-6-13)21-17(22)11-14-12-23-10-9-20-14/h3-4,7-8,13-14,18,20H,1-2,5-6,9-12H2,(H,21,22). The Kier molecular flexibility index (Phi) is 5.95. The van der Waals surface area contributed by atoms with Crippen LogP contribution in [0.15, 0.2) is 24.3 Å². The first-order valence-electron chi connectivity index (χ1n) is 8.59. The molecule has 1 aliphatic heterocycles. The van der Waals surface area contributed by atoms with E-state index in [1.165, 1.54) is 18.9 Å². The summed E-state index contributed by atoms with van der Waals surface area (Å²) in [5, 5.41) is 6.52. The van der Waals surface area contributed by atoms with Crippen LogP contribution in [-0.4, -0.2) is 30.0 Å². The summed E-state index contributed by atoms with van der Waals surface area (Å²) in [7, 11) is 0. The zero-order valence-corrected chi connectivity index (χ0v) is 14.2. The summed E-state index contributed by atoms with van der Waals surface area (Å²) < 4.78 is 14.2. The van der Waals surface area contributed by atoms with E-state index in [4.69, 9.17) is 0 Å². The Balaban J connectivity index is 1.68. The molecule has 126 valence electrons. The molecule has 2 atom stereocenters. The molecule has 1 aromatic carbocycles. The summed E-state index contributed by atoms with van der Waals surface area (Å²) in [6.45, 7) is 0.960. The highest BCUT2D eigenvalue weighted by Crippen LogP contribution is 2.36. The molecule has 3 nitrogen and oxygen atoms in total. The third-order valence-corrected chi connectivity index (χ3v) is 5.99. The van der Waals surface area contributed by atoms with Gasteiger partial charge in [-0.2, -0.15) is 11.8 Å². The van der Waals surface area contributed by atoms with E-state index >= 15 is 0 Å². The van der Waals surface area contributed by atoms with Crippen molar-refractivity contribution in [1.82, 2.24) is 10.6 Å². The molecule has 2 aliphatic rings. The summed E-state index contributed by atoms with van der Waals surface area (Å²) in [5.41, 5.74) is 0.638. The second-order valence-corrected chi connectivity index (χ2v) is 7.69. The molecular weight excluding hydrogens is 311 g/mol. The molecule has 1 aliphatic carbocycles. The van der Waals surface area contributed by atoms with Crippen molar-refractivity contribution >= 4 is 17.7 Å². The average Bonchev–Trinajstić information content (AvgIpc) is 3.09. The fraction of sp³-hybridized carbons (Fsp3) is 0.611. The number of thioether (sulfide) groups is 1. The van der Waals surface area contributed by atoms with Gasteiger partial charge in [-0.1, -0.05) is 31.0 Å². The monoisotopic (exact) mass is 336 g/mol. The van der Waals surface area contributed by atoms with Crippen LogP contribution in [0.1, 0.15) is 43.7 Å². The number of halogens is 1. The molecule has 1 heterocycles. The van der Waals surface area contributed by atoms with Gasteiger partial charge in [0.1, 0.15) is 5.82 Å². The van der Waals surface area contributed by atoms with Gasteiger partial charge in [-0.3, -0.25) is 4.79 Å². The Morgan fingerprint density at radius 3 is 2.83 bits per heavy atom. The predicted octanol–water partition coefficient (Wildman–Crippen LogP) is 3.27. The molecule has 2 N–H and O–H groups in total. The summed E-state index contributed by atoms with van der Waals surface area (Å²) in [4.78, 5) is 12.5. The normalized spacial score (nSPS) is 23.6. The Bertz CT molecular complexity index is 528. The van der Waals surface area contributed by atoms with E-state index in [-0.39, 0.29) is 23.8 Å². The first kappa shape index (κ1) is 16.8. The van der Waals surface area contributed by atoms with Crippen molar-refractivity contribution in [3.8, 4) is 0 Å². The van der Waals surface area contributed by atoms with E-state index in [0.717, 1.165) is 30.9 Å². The van der Waals surface area contributed by atoms with Crippen molar-refractivity contribution in [3.05, 3.63) is 35.6 Å². The van der Waals surface area contributed by atoms with Gasteiger partial charge in [-0.15, -0.1) is 0 Å². The number of benzene rings is 1. The minimum Gasteiger partial charge on any atom is -0.349 e. The number of hydrogen-bond acceptors (Lipinski definition) is 3. The number of nitrogens with one attached hydrogen (secondary N) is 2. The van der Waals surface area contributed by atoms with Gasteiger partial charge in [0, 0.05) is 36.1 Å². The molecule has 1 aromatic rings. The molecule has 2 fully saturated rings. The van der Waals surface area contributed by atoms with Crippen molar-refractivity contribution in [3.63, 3.8) is 0 Å². The highest BCUT2D eigenvalue weighted by Gasteiger charge is 2.30. The lowest BCUT2D eigenvalue weighted by atomic mass is 9.91. The van der Waals surface area contributed by atoms with Gasteiger partial charge in [0.2, 0.25) is 5.91 Å². The van der Waals surface area contributed by atoms with Gasteiger partial charge in [0.15, 0.2) is 0 Å². The second-order valence-electron chi connectivity index (χ2n) is 6.54. The minimum atomic E-state index is -0.212. The van der Waals surface area contributed by atoms with Crippen LogP contribution in [0.3, 0.4) is 0 Å². The van der Waals surface area contributed by atoms with Crippen LogP contribution in [0.4, 0.5) is 4.39 Å². The molecule has 5 heteroatoms. The van der Waals surface area contributed by atoms with Crippen LogP contribution >= 0.6 is 11.8 Å². The van der Waals surface area contributed by atoms with Crippen LogP contribution in [0, 0.1) is 11.7 Å². The molecule has 0 bridgehead atoms. The molecule has 0 radical (unpaired) electrons. The van der Waals surface area contributed by atoms with E-state index in [1.54, 1.807) is 6.07 Å². The quantitative estimate of drug-likeness (QED) is 0.867. The lowest BCUT2D eigenvalue weighted by Crippen LogP contribution is -2.42. The van der Waals surface area contributed by atoms with E-state index in [9.17, 15) is 9.18 Å². The van der Waals surface area contributed by atoms with Gasteiger partial charge in [-0.05, 0) is 24.8 Å². The van der Waals surface area contributed by atoms with Gasteiger partial charge < -0.3 is 10.6 Å². The SMILES string of the molecule is O=C(CC1CSCCN1)NC(c1ccccc1F)C1CCCC1. The maximum absolute atomic E-state index is 14.2.